The standard InChI is InChI=1S/C23H30N2O5S/c1-5-29-21-10-6-19(7-11-21)18(4)24-23(26)20-8-12-22(13-9-20)31(27,28)25-14-16(2)30-17(3)15-25/h6-13,16-18H,5,14-15H2,1-4H3,(H,24,26)/t16-,17-,18-/m0/s1. The van der Waals surface area contributed by atoms with Crippen LogP contribution in [0.3, 0.4) is 0 Å². The molecule has 1 aliphatic heterocycles. The Hall–Kier alpha value is -2.42. The Bertz CT molecular complexity index is 980. The van der Waals surface area contributed by atoms with Gasteiger partial charge in [-0.2, -0.15) is 4.31 Å². The third kappa shape index (κ3) is 5.64. The second-order valence-electron chi connectivity index (χ2n) is 7.80. The summed E-state index contributed by atoms with van der Waals surface area (Å²) in [7, 11) is -3.64. The summed E-state index contributed by atoms with van der Waals surface area (Å²) in [5, 5.41) is 2.94. The third-order valence-corrected chi connectivity index (χ3v) is 7.02. The summed E-state index contributed by atoms with van der Waals surface area (Å²) < 4.78 is 38.4. The molecule has 0 aliphatic carbocycles. The highest BCUT2D eigenvalue weighted by Crippen LogP contribution is 2.22. The first-order valence-corrected chi connectivity index (χ1v) is 11.9. The van der Waals surface area contributed by atoms with Crippen LogP contribution in [0.4, 0.5) is 0 Å². The van der Waals surface area contributed by atoms with Crippen molar-refractivity contribution >= 4 is 15.9 Å². The minimum Gasteiger partial charge on any atom is -0.494 e. The zero-order chi connectivity index (χ0) is 22.6. The van der Waals surface area contributed by atoms with Crippen LogP contribution in [0.2, 0.25) is 0 Å². The molecule has 0 spiro atoms. The molecular weight excluding hydrogens is 416 g/mol. The lowest BCUT2D eigenvalue weighted by atomic mass is 10.1. The first kappa shape index (κ1) is 23.2. The Morgan fingerprint density at radius 2 is 1.68 bits per heavy atom. The van der Waals surface area contributed by atoms with Crippen LogP contribution in [0.5, 0.6) is 5.75 Å². The van der Waals surface area contributed by atoms with Gasteiger partial charge in [0.15, 0.2) is 0 Å². The van der Waals surface area contributed by atoms with E-state index in [9.17, 15) is 13.2 Å². The van der Waals surface area contributed by atoms with E-state index in [4.69, 9.17) is 9.47 Å². The SMILES string of the molecule is CCOc1ccc([C@H](C)NC(=O)c2ccc(S(=O)(=O)N3C[C@H](C)O[C@@H](C)C3)cc2)cc1. The van der Waals surface area contributed by atoms with Gasteiger partial charge in [0.05, 0.1) is 29.8 Å². The van der Waals surface area contributed by atoms with E-state index in [1.54, 1.807) is 12.1 Å². The first-order valence-electron chi connectivity index (χ1n) is 10.5. The van der Waals surface area contributed by atoms with Crippen LogP contribution in [0.1, 0.15) is 49.7 Å². The number of rotatable bonds is 7. The molecule has 7 nitrogen and oxygen atoms in total. The van der Waals surface area contributed by atoms with Crippen LogP contribution < -0.4 is 10.1 Å². The van der Waals surface area contributed by atoms with Crippen molar-refractivity contribution in [1.82, 2.24) is 9.62 Å². The number of carbonyl (C=O) groups excluding carboxylic acids is 1. The minimum atomic E-state index is -3.64. The van der Waals surface area contributed by atoms with Crippen LogP contribution in [0.25, 0.3) is 0 Å². The summed E-state index contributed by atoms with van der Waals surface area (Å²) in [6.07, 6.45) is -0.319. The molecule has 0 aromatic heterocycles. The molecule has 0 bridgehead atoms. The molecule has 1 amide bonds. The number of hydrogen-bond donors (Lipinski definition) is 1. The Morgan fingerprint density at radius 3 is 2.23 bits per heavy atom. The lowest BCUT2D eigenvalue weighted by molar-refractivity contribution is -0.0440. The van der Waals surface area contributed by atoms with Gasteiger partial charge in [-0.3, -0.25) is 4.79 Å². The maximum absolute atomic E-state index is 13.0. The molecule has 1 N–H and O–H groups in total. The molecule has 1 aliphatic rings. The maximum Gasteiger partial charge on any atom is 0.251 e. The van der Waals surface area contributed by atoms with Crippen molar-refractivity contribution in [2.24, 2.45) is 0 Å². The highest BCUT2D eigenvalue weighted by atomic mass is 32.2. The van der Waals surface area contributed by atoms with Crippen molar-refractivity contribution in [3.8, 4) is 5.75 Å². The van der Waals surface area contributed by atoms with Crippen LogP contribution >= 0.6 is 0 Å². The van der Waals surface area contributed by atoms with Gasteiger partial charge in [0, 0.05) is 18.7 Å². The Balaban J connectivity index is 1.67. The molecule has 168 valence electrons. The molecule has 1 fully saturated rings. The van der Waals surface area contributed by atoms with E-state index in [1.807, 2.05) is 52.0 Å². The smallest absolute Gasteiger partial charge is 0.251 e. The quantitative estimate of drug-likeness (QED) is 0.705. The number of nitrogens with one attached hydrogen (secondary N) is 1. The summed E-state index contributed by atoms with van der Waals surface area (Å²) in [5.41, 5.74) is 1.35. The maximum atomic E-state index is 13.0. The predicted octanol–water partition coefficient (Wildman–Crippen LogP) is 3.37. The normalized spacial score (nSPS) is 20.8. The van der Waals surface area contributed by atoms with E-state index >= 15 is 0 Å². The molecule has 3 atom stereocenters. The van der Waals surface area contributed by atoms with Crippen LogP contribution in [-0.2, 0) is 14.8 Å². The number of morpholine rings is 1. The molecule has 0 saturated carbocycles. The zero-order valence-electron chi connectivity index (χ0n) is 18.4. The molecule has 1 heterocycles. The van der Waals surface area contributed by atoms with Crippen molar-refractivity contribution in [3.05, 3.63) is 59.7 Å². The van der Waals surface area contributed by atoms with E-state index in [-0.39, 0.29) is 29.1 Å². The summed E-state index contributed by atoms with van der Waals surface area (Å²) in [5.74, 6) is 0.518. The highest BCUT2D eigenvalue weighted by Gasteiger charge is 2.32. The zero-order valence-corrected chi connectivity index (χ0v) is 19.2. The van der Waals surface area contributed by atoms with E-state index in [0.717, 1.165) is 11.3 Å². The Kier molecular flexibility index (Phi) is 7.35. The number of ether oxygens (including phenoxy) is 2. The molecule has 2 aromatic rings. The van der Waals surface area contributed by atoms with Crippen LogP contribution in [0, 0.1) is 0 Å². The van der Waals surface area contributed by atoms with E-state index < -0.39 is 10.0 Å². The third-order valence-electron chi connectivity index (χ3n) is 5.18. The van der Waals surface area contributed by atoms with Crippen molar-refractivity contribution in [2.45, 2.75) is 50.8 Å². The predicted molar refractivity (Wildman–Crippen MR) is 119 cm³/mol. The van der Waals surface area contributed by atoms with E-state index in [0.29, 0.717) is 25.3 Å². The second kappa shape index (κ2) is 9.80. The van der Waals surface area contributed by atoms with Crippen LogP contribution in [-0.4, -0.2) is 50.5 Å². The summed E-state index contributed by atoms with van der Waals surface area (Å²) in [6, 6.07) is 13.4. The average Bonchev–Trinajstić information content (AvgIpc) is 2.74. The van der Waals surface area contributed by atoms with Gasteiger partial charge in [-0.15, -0.1) is 0 Å². The van der Waals surface area contributed by atoms with Gasteiger partial charge in [0.25, 0.3) is 5.91 Å². The summed E-state index contributed by atoms with van der Waals surface area (Å²) in [4.78, 5) is 12.8. The van der Waals surface area contributed by atoms with Crippen molar-refractivity contribution < 1.29 is 22.7 Å². The number of benzene rings is 2. The van der Waals surface area contributed by atoms with Gasteiger partial charge in [0.2, 0.25) is 10.0 Å². The van der Waals surface area contributed by atoms with Gasteiger partial charge in [0.1, 0.15) is 5.75 Å². The number of hydrogen-bond acceptors (Lipinski definition) is 5. The largest absolute Gasteiger partial charge is 0.494 e. The monoisotopic (exact) mass is 446 g/mol. The molecule has 0 radical (unpaired) electrons. The van der Waals surface area contributed by atoms with E-state index in [2.05, 4.69) is 5.32 Å². The second-order valence-corrected chi connectivity index (χ2v) is 9.74. The molecular formula is C23H30N2O5S. The van der Waals surface area contributed by atoms with Crippen molar-refractivity contribution in [2.75, 3.05) is 19.7 Å². The van der Waals surface area contributed by atoms with Gasteiger partial charge in [-0.05, 0) is 69.7 Å². The first-order chi connectivity index (χ1) is 14.7. The van der Waals surface area contributed by atoms with Gasteiger partial charge >= 0.3 is 0 Å². The van der Waals surface area contributed by atoms with Crippen molar-refractivity contribution in [3.63, 3.8) is 0 Å². The number of carbonyl (C=O) groups is 1. The molecule has 1 saturated heterocycles. The fraction of sp³-hybridized carbons (Fsp3) is 0.435. The minimum absolute atomic E-state index is 0.160. The molecule has 2 aromatic carbocycles. The molecule has 3 rings (SSSR count). The van der Waals surface area contributed by atoms with Crippen molar-refractivity contribution in [1.29, 1.82) is 0 Å². The fourth-order valence-corrected chi connectivity index (χ4v) is 5.23. The number of amides is 1. The molecule has 8 heteroatoms. The molecule has 0 unspecified atom stereocenters. The Labute approximate surface area is 184 Å². The van der Waals surface area contributed by atoms with E-state index in [1.165, 1.54) is 16.4 Å². The lowest BCUT2D eigenvalue weighted by Crippen LogP contribution is -2.48. The summed E-state index contributed by atoms with van der Waals surface area (Å²) >= 11 is 0. The topological polar surface area (TPSA) is 84.9 Å². The average molecular weight is 447 g/mol. The van der Waals surface area contributed by atoms with Gasteiger partial charge in [-0.25, -0.2) is 8.42 Å². The van der Waals surface area contributed by atoms with Gasteiger partial charge in [-0.1, -0.05) is 12.1 Å². The summed E-state index contributed by atoms with van der Waals surface area (Å²) in [6.45, 7) is 8.76. The lowest BCUT2D eigenvalue weighted by Gasteiger charge is -2.34. The van der Waals surface area contributed by atoms with Gasteiger partial charge < -0.3 is 14.8 Å². The fourth-order valence-electron chi connectivity index (χ4n) is 3.64. The highest BCUT2D eigenvalue weighted by molar-refractivity contribution is 7.89. The number of nitrogens with zero attached hydrogens (tertiary/aromatic N) is 1. The number of sulfonamides is 1. The van der Waals surface area contributed by atoms with Crippen LogP contribution in [0.15, 0.2) is 53.4 Å². The molecule has 31 heavy (non-hydrogen) atoms. The Morgan fingerprint density at radius 1 is 1.10 bits per heavy atom.